The van der Waals surface area contributed by atoms with Crippen LogP contribution in [0.15, 0.2) is 52.0 Å². The molecule has 4 heteroatoms. The molecule has 34 heavy (non-hydrogen) atoms. The summed E-state index contributed by atoms with van der Waals surface area (Å²) in [5.74, 6) is 1.02. The molecule has 0 unspecified atom stereocenters. The van der Waals surface area contributed by atoms with Gasteiger partial charge in [-0.1, -0.05) is 41.5 Å². The number of nitrogens with zero attached hydrogens (tertiary/aromatic N) is 1. The molecule has 0 aromatic heterocycles. The van der Waals surface area contributed by atoms with Crippen LogP contribution in [0.5, 0.6) is 0 Å². The normalized spacial score (nSPS) is 11.6. The molecule has 0 saturated heterocycles. The van der Waals surface area contributed by atoms with Crippen molar-refractivity contribution in [3.63, 3.8) is 0 Å². The van der Waals surface area contributed by atoms with Gasteiger partial charge in [0.15, 0.2) is 0 Å². The molecule has 0 atom stereocenters. The van der Waals surface area contributed by atoms with E-state index in [1.165, 1.54) is 22.4 Å². The van der Waals surface area contributed by atoms with E-state index in [2.05, 4.69) is 94.5 Å². The van der Waals surface area contributed by atoms with Gasteiger partial charge in [-0.05, 0) is 0 Å². The monoisotopic (exact) mass is 551 g/mol. The first-order valence-corrected chi connectivity index (χ1v) is 14.2. The Kier molecular flexibility index (Phi) is 13.8. The van der Waals surface area contributed by atoms with Crippen LogP contribution in [0.1, 0.15) is 112 Å². The molecule has 2 rings (SSSR count). The third-order valence-electron chi connectivity index (χ3n) is 4.35. The molecule has 0 N–H and O–H groups in total. The van der Waals surface area contributed by atoms with Crippen LogP contribution < -0.4 is 10.2 Å². The van der Waals surface area contributed by atoms with Gasteiger partial charge in [0.1, 0.15) is 0 Å². The van der Waals surface area contributed by atoms with Crippen molar-refractivity contribution in [1.82, 2.24) is 0 Å². The van der Waals surface area contributed by atoms with Gasteiger partial charge in [-0.3, -0.25) is 0 Å². The first-order valence-electron chi connectivity index (χ1n) is 12.1. The molecule has 3 nitrogen and oxygen atoms in total. The summed E-state index contributed by atoms with van der Waals surface area (Å²) in [5, 5.41) is 20.2. The predicted octanol–water partition coefficient (Wildman–Crippen LogP) is 6.90. The fourth-order valence-corrected chi connectivity index (χ4v) is 4.65. The zero-order valence-corrected chi connectivity index (χ0v) is 25.5. The fraction of sp³-hybridized carbons (Fsp3) is 0.567. The topological polar surface area (TPSA) is 58.5 Å². The van der Waals surface area contributed by atoms with Gasteiger partial charge < -0.3 is 10.2 Å². The summed E-state index contributed by atoms with van der Waals surface area (Å²) in [4.78, 5) is 0. The quantitative estimate of drug-likeness (QED) is 0.381. The van der Waals surface area contributed by atoms with Crippen LogP contribution >= 0.6 is 0 Å². The molecule has 0 aliphatic carbocycles. The Balaban J connectivity index is 0.000000916. The fourth-order valence-electron chi connectivity index (χ4n) is 2.76. The second-order valence-electron chi connectivity index (χ2n) is 11.7. The summed E-state index contributed by atoms with van der Waals surface area (Å²) in [6.07, 6.45) is 0. The summed E-state index contributed by atoms with van der Waals surface area (Å²) >= 11 is -0.553. The van der Waals surface area contributed by atoms with E-state index in [-0.39, 0.29) is 5.41 Å². The average Bonchev–Trinajstić information content (AvgIpc) is 2.65. The second-order valence-corrected chi connectivity index (χ2v) is 13.3. The molecule has 0 bridgehead atoms. The minimum atomic E-state index is -0.750. The molecule has 0 aliphatic heterocycles. The zero-order chi connectivity index (χ0) is 26.7. The Morgan fingerprint density at radius 3 is 1.41 bits per heavy atom. The molecule has 0 amide bonds. The molecule has 2 aromatic carbocycles. The van der Waals surface area contributed by atoms with E-state index in [0.29, 0.717) is 11.8 Å². The van der Waals surface area contributed by atoms with Crippen molar-refractivity contribution in [3.8, 4) is 0 Å². The Morgan fingerprint density at radius 1 is 0.676 bits per heavy atom. The van der Waals surface area contributed by atoms with Crippen LogP contribution in [-0.2, 0) is 23.3 Å². The van der Waals surface area contributed by atoms with Gasteiger partial charge >= 0.3 is 156 Å². The molecule has 2 aromatic rings. The van der Waals surface area contributed by atoms with Crippen molar-refractivity contribution in [2.45, 2.75) is 112 Å². The van der Waals surface area contributed by atoms with Crippen molar-refractivity contribution in [2.24, 2.45) is 3.50 Å². The second kappa shape index (κ2) is 14.3. The van der Waals surface area contributed by atoms with Crippen molar-refractivity contribution in [3.05, 3.63) is 65.2 Å². The molecule has 0 fully saturated rings. The number of hydrogen-bond donors (Lipinski definition) is 0. The van der Waals surface area contributed by atoms with Gasteiger partial charge in [0.25, 0.3) is 0 Å². The van der Waals surface area contributed by atoms with E-state index in [9.17, 15) is 10.2 Å². The third-order valence-corrected chi connectivity index (χ3v) is 6.77. The standard InChI is InChI=1S/C12H17N.C10H12.2C4H9O.Mo/c1-8(2)10-6-5-7-11(9(3)4)12(10)13;1-10(2,3)9-7-5-4-6-8-9;2*1-4(2,3)5;/h5-9H,1-4H3;1,4-8H,2-3H3;2*1-3H3;/q;;2*-1;+2. The van der Waals surface area contributed by atoms with E-state index in [1.54, 1.807) is 41.5 Å². The van der Waals surface area contributed by atoms with Crippen molar-refractivity contribution < 1.29 is 28.1 Å². The maximum atomic E-state index is 10.1. The molecule has 0 aliphatic rings. The van der Waals surface area contributed by atoms with E-state index < -0.39 is 29.1 Å². The summed E-state index contributed by atoms with van der Waals surface area (Å²) in [7, 11) is 0. The number of hydrogen-bond acceptors (Lipinski definition) is 3. The molecule has 190 valence electrons. The zero-order valence-electron chi connectivity index (χ0n) is 23.5. The van der Waals surface area contributed by atoms with E-state index in [4.69, 9.17) is 3.50 Å². The van der Waals surface area contributed by atoms with Gasteiger partial charge in [0, 0.05) is 0 Å². The van der Waals surface area contributed by atoms with Gasteiger partial charge in [0.2, 0.25) is 0 Å². The summed E-state index contributed by atoms with van der Waals surface area (Å²) in [6, 6.07) is 17.4. The van der Waals surface area contributed by atoms with E-state index in [0.717, 1.165) is 0 Å². The van der Waals surface area contributed by atoms with Gasteiger partial charge in [-0.25, -0.2) is 0 Å². The van der Waals surface area contributed by atoms with Gasteiger partial charge in [-0.2, -0.15) is 0 Å². The van der Waals surface area contributed by atoms with Crippen molar-refractivity contribution in [2.75, 3.05) is 0 Å². The molecule has 0 radical (unpaired) electrons. The first-order chi connectivity index (χ1) is 15.3. The number of rotatable bonds is 5. The summed E-state index contributed by atoms with van der Waals surface area (Å²) < 4.78 is 7.59. The van der Waals surface area contributed by atoms with Crippen LogP contribution in [0.2, 0.25) is 0 Å². The molecule has 0 heterocycles. The summed E-state index contributed by atoms with van der Waals surface area (Å²) in [6.45, 7) is 23.4. The van der Waals surface area contributed by atoms with E-state index >= 15 is 0 Å². The predicted molar refractivity (Wildman–Crippen MR) is 142 cm³/mol. The first kappa shape index (κ1) is 32.7. The van der Waals surface area contributed by atoms with E-state index in [1.807, 2.05) is 0 Å². The van der Waals surface area contributed by atoms with Crippen LogP contribution in [0.3, 0.4) is 0 Å². The Bertz CT molecular complexity index is 861. The molecular formula is C30H47MoNO2. The maximum absolute atomic E-state index is 10.1. The van der Waals surface area contributed by atoms with Crippen molar-refractivity contribution >= 4 is 10.1 Å². The van der Waals surface area contributed by atoms with Gasteiger partial charge in [-0.15, -0.1) is 11.2 Å². The number of benzene rings is 2. The molecular weight excluding hydrogens is 502 g/mol. The molecule has 0 saturated carbocycles. The van der Waals surface area contributed by atoms with Crippen LogP contribution in [0.25, 0.3) is 0 Å². The average molecular weight is 550 g/mol. The Morgan fingerprint density at radius 2 is 1.06 bits per heavy atom. The van der Waals surface area contributed by atoms with Crippen LogP contribution in [0, 0.1) is 0 Å². The Hall–Kier alpha value is -1.28. The SMILES string of the molecule is CC(C)(C)[O-].CC(C)(C)[O-].CC(C)c1cccc(C(C)C)c1[N]=[Mo+2]=[CH]C(C)(C)c1ccccc1. The van der Waals surface area contributed by atoms with Crippen LogP contribution in [0.4, 0.5) is 5.69 Å². The minimum absolute atomic E-state index is 0.0811. The van der Waals surface area contributed by atoms with Crippen LogP contribution in [-0.4, -0.2) is 15.6 Å². The van der Waals surface area contributed by atoms with Gasteiger partial charge in [0.05, 0.1) is 0 Å². The summed E-state index contributed by atoms with van der Waals surface area (Å²) in [5.41, 5.74) is 3.98. The third kappa shape index (κ3) is 15.6. The van der Waals surface area contributed by atoms with Crippen molar-refractivity contribution in [1.29, 1.82) is 0 Å². The Labute approximate surface area is 217 Å². The molecule has 0 spiro atoms.